The van der Waals surface area contributed by atoms with Crippen LogP contribution in [0.3, 0.4) is 0 Å². The number of thioether (sulfide) groups is 1. The van der Waals surface area contributed by atoms with Crippen molar-refractivity contribution >= 4 is 23.4 Å². The summed E-state index contributed by atoms with van der Waals surface area (Å²) < 4.78 is 1.28. The van der Waals surface area contributed by atoms with Crippen LogP contribution in [0.1, 0.15) is 0 Å². The molecule has 0 fully saturated rings. The van der Waals surface area contributed by atoms with Crippen LogP contribution in [0.25, 0.3) is 0 Å². The van der Waals surface area contributed by atoms with Crippen molar-refractivity contribution in [3.63, 3.8) is 0 Å². The second-order valence-electron chi connectivity index (χ2n) is 3.22. The van der Waals surface area contributed by atoms with Crippen LogP contribution in [0.15, 0.2) is 41.8 Å². The van der Waals surface area contributed by atoms with Crippen LogP contribution in [0, 0.1) is 0 Å². The van der Waals surface area contributed by atoms with Gasteiger partial charge in [-0.3, -0.25) is 4.79 Å². The van der Waals surface area contributed by atoms with Gasteiger partial charge in [0, 0.05) is 5.69 Å². The molecule has 1 aromatic carbocycles. The van der Waals surface area contributed by atoms with E-state index in [4.69, 9.17) is 5.84 Å². The molecule has 1 aromatic heterocycles. The first-order chi connectivity index (χ1) is 8.25. The molecule has 0 unspecified atom stereocenters. The van der Waals surface area contributed by atoms with Crippen LogP contribution >= 0.6 is 11.8 Å². The smallest absolute Gasteiger partial charge is 0.234 e. The van der Waals surface area contributed by atoms with Gasteiger partial charge in [-0.1, -0.05) is 30.0 Å². The summed E-state index contributed by atoms with van der Waals surface area (Å²) in [6.45, 7) is 0. The number of hydrogen-bond acceptors (Lipinski definition) is 5. The van der Waals surface area contributed by atoms with E-state index < -0.39 is 0 Å². The average molecular weight is 249 g/mol. The lowest BCUT2D eigenvalue weighted by Gasteiger charge is -2.03. The summed E-state index contributed by atoms with van der Waals surface area (Å²) >= 11 is 1.23. The third kappa shape index (κ3) is 3.22. The number of nitrogen functional groups attached to an aromatic ring is 1. The van der Waals surface area contributed by atoms with E-state index in [0.717, 1.165) is 5.69 Å². The van der Waals surface area contributed by atoms with E-state index in [9.17, 15) is 4.79 Å². The molecule has 0 aliphatic rings. The van der Waals surface area contributed by atoms with Gasteiger partial charge < -0.3 is 11.2 Å². The predicted octanol–water partition coefficient (Wildman–Crippen LogP) is 0.723. The largest absolute Gasteiger partial charge is 0.336 e. The summed E-state index contributed by atoms with van der Waals surface area (Å²) in [5.41, 5.74) is 0.771. The highest BCUT2D eigenvalue weighted by Gasteiger charge is 2.07. The van der Waals surface area contributed by atoms with Crippen molar-refractivity contribution < 1.29 is 4.79 Å². The molecule has 88 valence electrons. The van der Waals surface area contributed by atoms with E-state index in [1.165, 1.54) is 22.8 Å². The number of aromatic nitrogens is 3. The van der Waals surface area contributed by atoms with Gasteiger partial charge in [0.1, 0.15) is 6.33 Å². The third-order valence-corrected chi connectivity index (χ3v) is 2.89. The molecule has 0 bridgehead atoms. The second kappa shape index (κ2) is 5.35. The van der Waals surface area contributed by atoms with E-state index in [0.29, 0.717) is 5.16 Å². The molecule has 0 aliphatic heterocycles. The Morgan fingerprint density at radius 3 is 2.82 bits per heavy atom. The number of nitrogens with two attached hydrogens (primary N) is 1. The summed E-state index contributed by atoms with van der Waals surface area (Å²) in [6.07, 6.45) is 1.39. The van der Waals surface area contributed by atoms with Gasteiger partial charge in [0.15, 0.2) is 0 Å². The number of rotatable bonds is 4. The van der Waals surface area contributed by atoms with Crippen molar-refractivity contribution in [2.45, 2.75) is 5.16 Å². The minimum Gasteiger partial charge on any atom is -0.336 e. The fraction of sp³-hybridized carbons (Fsp3) is 0.100. The first-order valence-corrected chi connectivity index (χ1v) is 5.87. The van der Waals surface area contributed by atoms with E-state index in [2.05, 4.69) is 15.5 Å². The van der Waals surface area contributed by atoms with Gasteiger partial charge in [-0.05, 0) is 12.1 Å². The Bertz CT molecular complexity index is 498. The Hall–Kier alpha value is -2.02. The van der Waals surface area contributed by atoms with Crippen molar-refractivity contribution in [3.8, 4) is 0 Å². The minimum absolute atomic E-state index is 0.107. The molecule has 0 radical (unpaired) electrons. The van der Waals surface area contributed by atoms with Crippen molar-refractivity contribution in [1.82, 2.24) is 14.9 Å². The topological polar surface area (TPSA) is 85.8 Å². The van der Waals surface area contributed by atoms with Crippen LogP contribution in [-0.2, 0) is 4.79 Å². The highest BCUT2D eigenvalue weighted by atomic mass is 32.2. The van der Waals surface area contributed by atoms with E-state index in [-0.39, 0.29) is 11.7 Å². The summed E-state index contributed by atoms with van der Waals surface area (Å²) in [5, 5.41) is 10.7. The molecule has 0 aliphatic carbocycles. The predicted molar refractivity (Wildman–Crippen MR) is 66.0 cm³/mol. The molecule has 0 spiro atoms. The molecule has 0 saturated carbocycles. The summed E-state index contributed by atoms with van der Waals surface area (Å²) in [4.78, 5) is 11.6. The Morgan fingerprint density at radius 2 is 2.18 bits per heavy atom. The lowest BCUT2D eigenvalue weighted by molar-refractivity contribution is -0.113. The van der Waals surface area contributed by atoms with Crippen LogP contribution in [0.5, 0.6) is 0 Å². The number of benzene rings is 1. The monoisotopic (exact) mass is 249 g/mol. The normalized spacial score (nSPS) is 10.1. The van der Waals surface area contributed by atoms with Gasteiger partial charge in [-0.15, -0.1) is 10.2 Å². The van der Waals surface area contributed by atoms with Gasteiger partial charge in [0.2, 0.25) is 11.1 Å². The number of carbonyl (C=O) groups excluding carboxylic acids is 1. The van der Waals surface area contributed by atoms with Gasteiger partial charge >= 0.3 is 0 Å². The van der Waals surface area contributed by atoms with Crippen LogP contribution < -0.4 is 11.2 Å². The molecule has 1 heterocycles. The van der Waals surface area contributed by atoms with Gasteiger partial charge in [0.25, 0.3) is 0 Å². The molecule has 0 saturated heterocycles. The number of nitrogens with zero attached hydrogens (tertiary/aromatic N) is 3. The standard InChI is InChI=1S/C10H11N5OS/c11-15-7-12-14-10(15)17-6-9(16)13-8-4-2-1-3-5-8/h1-5,7H,6,11H2,(H,13,16). The fourth-order valence-corrected chi connectivity index (χ4v) is 1.82. The molecule has 1 amide bonds. The lowest BCUT2D eigenvalue weighted by atomic mass is 10.3. The van der Waals surface area contributed by atoms with Gasteiger partial charge in [-0.2, -0.15) is 0 Å². The SMILES string of the molecule is Nn1cnnc1SCC(=O)Nc1ccccc1. The first-order valence-electron chi connectivity index (χ1n) is 4.88. The van der Waals surface area contributed by atoms with Crippen molar-refractivity contribution in [3.05, 3.63) is 36.7 Å². The quantitative estimate of drug-likeness (QED) is 0.616. The third-order valence-electron chi connectivity index (χ3n) is 1.93. The summed E-state index contributed by atoms with van der Waals surface area (Å²) in [6, 6.07) is 9.27. The Balaban J connectivity index is 1.84. The van der Waals surface area contributed by atoms with Crippen LogP contribution in [0.4, 0.5) is 5.69 Å². The number of para-hydroxylation sites is 1. The Kier molecular flexibility index (Phi) is 3.61. The van der Waals surface area contributed by atoms with Gasteiger partial charge in [0.05, 0.1) is 5.75 Å². The summed E-state index contributed by atoms with van der Waals surface area (Å²) in [5.74, 6) is 5.65. The Morgan fingerprint density at radius 1 is 1.41 bits per heavy atom. The maximum atomic E-state index is 11.6. The molecular weight excluding hydrogens is 238 g/mol. The molecule has 0 atom stereocenters. The van der Waals surface area contributed by atoms with E-state index in [1.54, 1.807) is 0 Å². The molecule has 17 heavy (non-hydrogen) atoms. The molecule has 2 rings (SSSR count). The van der Waals surface area contributed by atoms with Crippen LogP contribution in [0.2, 0.25) is 0 Å². The number of anilines is 1. The van der Waals surface area contributed by atoms with Crippen molar-refractivity contribution in [1.29, 1.82) is 0 Å². The lowest BCUT2D eigenvalue weighted by Crippen LogP contribution is -2.15. The molecule has 7 heteroatoms. The van der Waals surface area contributed by atoms with Crippen molar-refractivity contribution in [2.24, 2.45) is 0 Å². The first kappa shape index (κ1) is 11.5. The molecule has 2 aromatic rings. The number of carbonyl (C=O) groups is 1. The fourth-order valence-electron chi connectivity index (χ4n) is 1.18. The zero-order chi connectivity index (χ0) is 12.1. The van der Waals surface area contributed by atoms with Gasteiger partial charge in [-0.25, -0.2) is 4.68 Å². The minimum atomic E-state index is -0.107. The zero-order valence-electron chi connectivity index (χ0n) is 8.91. The number of nitrogens with one attached hydrogen (secondary N) is 1. The highest BCUT2D eigenvalue weighted by molar-refractivity contribution is 7.99. The van der Waals surface area contributed by atoms with E-state index in [1.807, 2.05) is 30.3 Å². The Labute approximate surface area is 102 Å². The van der Waals surface area contributed by atoms with E-state index >= 15 is 0 Å². The van der Waals surface area contributed by atoms with Crippen molar-refractivity contribution in [2.75, 3.05) is 16.9 Å². The summed E-state index contributed by atoms with van der Waals surface area (Å²) in [7, 11) is 0. The molecule has 3 N–H and O–H groups in total. The highest BCUT2D eigenvalue weighted by Crippen LogP contribution is 2.13. The number of hydrogen-bond donors (Lipinski definition) is 2. The molecule has 6 nitrogen and oxygen atoms in total. The zero-order valence-corrected chi connectivity index (χ0v) is 9.72. The maximum Gasteiger partial charge on any atom is 0.234 e. The molecular formula is C10H11N5OS. The number of amides is 1. The maximum absolute atomic E-state index is 11.6. The van der Waals surface area contributed by atoms with Crippen LogP contribution in [-0.4, -0.2) is 26.5 Å². The second-order valence-corrected chi connectivity index (χ2v) is 4.17. The average Bonchev–Trinajstić information content (AvgIpc) is 2.74.